The zero-order chi connectivity index (χ0) is 12.3. The van der Waals surface area contributed by atoms with Crippen LogP contribution in [-0.4, -0.2) is 29.9 Å². The van der Waals surface area contributed by atoms with Gasteiger partial charge >= 0.3 is 0 Å². The van der Waals surface area contributed by atoms with Gasteiger partial charge in [-0.1, -0.05) is 13.3 Å². The van der Waals surface area contributed by atoms with E-state index in [1.165, 1.54) is 32.1 Å². The summed E-state index contributed by atoms with van der Waals surface area (Å²) >= 11 is 0. The van der Waals surface area contributed by atoms with Crippen molar-refractivity contribution >= 4 is 5.91 Å². The van der Waals surface area contributed by atoms with Gasteiger partial charge in [-0.25, -0.2) is 0 Å². The summed E-state index contributed by atoms with van der Waals surface area (Å²) in [7, 11) is 0. The van der Waals surface area contributed by atoms with Crippen LogP contribution in [0, 0.1) is 11.8 Å². The molecule has 0 bridgehead atoms. The Morgan fingerprint density at radius 3 is 2.88 bits per heavy atom. The normalized spacial score (nSPS) is 30.1. The van der Waals surface area contributed by atoms with Crippen molar-refractivity contribution in [2.24, 2.45) is 17.6 Å². The zero-order valence-electron chi connectivity index (χ0n) is 11.0. The molecule has 0 aromatic carbocycles. The van der Waals surface area contributed by atoms with E-state index in [2.05, 4.69) is 11.8 Å². The Hall–Kier alpha value is -0.570. The van der Waals surface area contributed by atoms with Crippen LogP contribution in [0.4, 0.5) is 0 Å². The van der Waals surface area contributed by atoms with Gasteiger partial charge in [0.15, 0.2) is 0 Å². The number of piperidine rings is 1. The Kier molecular flexibility index (Phi) is 4.43. The number of likely N-dealkylation sites (tertiary alicyclic amines) is 1. The standard InChI is InChI=1S/C14H26N2O/c1-11(10-15)7-8-14(17)16-9-3-5-12-4-2-6-13(12)16/h11-13H,2-10,15H2,1H3. The van der Waals surface area contributed by atoms with E-state index in [1.807, 2.05) is 0 Å². The molecular weight excluding hydrogens is 212 g/mol. The fraction of sp³-hybridized carbons (Fsp3) is 0.929. The lowest BCUT2D eigenvalue weighted by molar-refractivity contribution is -0.136. The number of amides is 1. The number of fused-ring (bicyclic) bond motifs is 1. The van der Waals surface area contributed by atoms with E-state index < -0.39 is 0 Å². The number of hydrogen-bond donors (Lipinski definition) is 1. The molecule has 0 aromatic rings. The molecule has 2 rings (SSSR count). The maximum Gasteiger partial charge on any atom is 0.222 e. The van der Waals surface area contributed by atoms with E-state index in [4.69, 9.17) is 5.73 Å². The van der Waals surface area contributed by atoms with Crippen LogP contribution < -0.4 is 5.73 Å². The van der Waals surface area contributed by atoms with Gasteiger partial charge in [-0.2, -0.15) is 0 Å². The predicted octanol–water partition coefficient (Wildman–Crippen LogP) is 2.15. The number of rotatable bonds is 4. The molecule has 2 fully saturated rings. The van der Waals surface area contributed by atoms with Gasteiger partial charge < -0.3 is 10.6 Å². The van der Waals surface area contributed by atoms with Crippen LogP contribution in [0.25, 0.3) is 0 Å². The zero-order valence-corrected chi connectivity index (χ0v) is 11.0. The minimum Gasteiger partial charge on any atom is -0.339 e. The molecule has 2 N–H and O–H groups in total. The van der Waals surface area contributed by atoms with Crippen LogP contribution in [0.15, 0.2) is 0 Å². The fourth-order valence-corrected chi connectivity index (χ4v) is 3.39. The van der Waals surface area contributed by atoms with Crippen molar-refractivity contribution in [3.63, 3.8) is 0 Å². The van der Waals surface area contributed by atoms with Crippen molar-refractivity contribution in [1.82, 2.24) is 4.90 Å². The van der Waals surface area contributed by atoms with E-state index >= 15 is 0 Å². The molecule has 1 saturated carbocycles. The minimum absolute atomic E-state index is 0.377. The molecule has 3 nitrogen and oxygen atoms in total. The molecule has 1 aliphatic carbocycles. The van der Waals surface area contributed by atoms with Crippen LogP contribution in [0.5, 0.6) is 0 Å². The lowest BCUT2D eigenvalue weighted by Gasteiger charge is -2.38. The van der Waals surface area contributed by atoms with Gasteiger partial charge in [0, 0.05) is 19.0 Å². The second kappa shape index (κ2) is 5.85. The maximum atomic E-state index is 12.2. The third-order valence-electron chi connectivity index (χ3n) is 4.57. The summed E-state index contributed by atoms with van der Waals surface area (Å²) in [5, 5.41) is 0. The van der Waals surface area contributed by atoms with Gasteiger partial charge in [-0.05, 0) is 50.5 Å². The number of nitrogens with two attached hydrogens (primary N) is 1. The lowest BCUT2D eigenvalue weighted by atomic mass is 9.91. The molecule has 1 aliphatic heterocycles. The Morgan fingerprint density at radius 2 is 2.12 bits per heavy atom. The summed E-state index contributed by atoms with van der Waals surface area (Å²) < 4.78 is 0. The highest BCUT2D eigenvalue weighted by molar-refractivity contribution is 5.76. The highest BCUT2D eigenvalue weighted by atomic mass is 16.2. The summed E-state index contributed by atoms with van der Waals surface area (Å²) in [5.41, 5.74) is 5.60. The maximum absolute atomic E-state index is 12.2. The van der Waals surface area contributed by atoms with Crippen LogP contribution >= 0.6 is 0 Å². The minimum atomic E-state index is 0.377. The smallest absolute Gasteiger partial charge is 0.222 e. The summed E-state index contributed by atoms with van der Waals surface area (Å²) in [6, 6.07) is 0.574. The number of hydrogen-bond acceptors (Lipinski definition) is 2. The van der Waals surface area contributed by atoms with Crippen molar-refractivity contribution in [2.75, 3.05) is 13.1 Å². The molecule has 3 heteroatoms. The molecule has 1 heterocycles. The van der Waals surface area contributed by atoms with Crippen molar-refractivity contribution in [1.29, 1.82) is 0 Å². The first-order valence-electron chi connectivity index (χ1n) is 7.22. The molecule has 1 saturated heterocycles. The lowest BCUT2D eigenvalue weighted by Crippen LogP contribution is -2.46. The summed E-state index contributed by atoms with van der Waals surface area (Å²) in [6.07, 6.45) is 8.09. The van der Waals surface area contributed by atoms with Crippen molar-refractivity contribution in [3.8, 4) is 0 Å². The highest BCUT2D eigenvalue weighted by Gasteiger charge is 2.36. The van der Waals surface area contributed by atoms with Gasteiger partial charge in [0.1, 0.15) is 0 Å². The van der Waals surface area contributed by atoms with E-state index in [0.29, 0.717) is 30.8 Å². The first-order valence-corrected chi connectivity index (χ1v) is 7.22. The van der Waals surface area contributed by atoms with Crippen molar-refractivity contribution in [3.05, 3.63) is 0 Å². The SMILES string of the molecule is CC(CN)CCC(=O)N1CCCC2CCCC21. The molecule has 0 radical (unpaired) electrons. The Labute approximate surface area is 105 Å². The summed E-state index contributed by atoms with van der Waals surface area (Å²) in [4.78, 5) is 14.4. The monoisotopic (exact) mass is 238 g/mol. The highest BCUT2D eigenvalue weighted by Crippen LogP contribution is 2.37. The van der Waals surface area contributed by atoms with Gasteiger partial charge in [0.2, 0.25) is 5.91 Å². The van der Waals surface area contributed by atoms with E-state index in [9.17, 15) is 4.79 Å². The van der Waals surface area contributed by atoms with Crippen molar-refractivity contribution in [2.45, 2.75) is 57.9 Å². The van der Waals surface area contributed by atoms with E-state index in [1.54, 1.807) is 0 Å². The van der Waals surface area contributed by atoms with Gasteiger partial charge in [-0.3, -0.25) is 4.79 Å². The third-order valence-corrected chi connectivity index (χ3v) is 4.57. The van der Waals surface area contributed by atoms with E-state index in [0.717, 1.165) is 18.9 Å². The number of carbonyl (C=O) groups excluding carboxylic acids is 1. The molecular formula is C14H26N2O. The first kappa shape index (κ1) is 12.9. The predicted molar refractivity (Wildman–Crippen MR) is 69.5 cm³/mol. The molecule has 0 aromatic heterocycles. The average molecular weight is 238 g/mol. The van der Waals surface area contributed by atoms with Crippen LogP contribution in [-0.2, 0) is 4.79 Å². The quantitative estimate of drug-likeness (QED) is 0.815. The van der Waals surface area contributed by atoms with Gasteiger partial charge in [0.25, 0.3) is 0 Å². The molecule has 3 atom stereocenters. The van der Waals surface area contributed by atoms with Crippen LogP contribution in [0.2, 0.25) is 0 Å². The molecule has 98 valence electrons. The molecule has 17 heavy (non-hydrogen) atoms. The molecule has 3 unspecified atom stereocenters. The Morgan fingerprint density at radius 1 is 1.35 bits per heavy atom. The van der Waals surface area contributed by atoms with Crippen molar-refractivity contribution < 1.29 is 4.79 Å². The Balaban J connectivity index is 1.85. The van der Waals surface area contributed by atoms with Crippen LogP contribution in [0.1, 0.15) is 51.9 Å². The summed E-state index contributed by atoms with van der Waals surface area (Å²) in [6.45, 7) is 3.82. The number of carbonyl (C=O) groups is 1. The topological polar surface area (TPSA) is 46.3 Å². The second-order valence-corrected chi connectivity index (χ2v) is 5.87. The van der Waals surface area contributed by atoms with Crippen LogP contribution in [0.3, 0.4) is 0 Å². The first-order chi connectivity index (χ1) is 8.22. The van der Waals surface area contributed by atoms with Gasteiger partial charge in [0.05, 0.1) is 0 Å². The average Bonchev–Trinajstić information content (AvgIpc) is 2.83. The largest absolute Gasteiger partial charge is 0.339 e. The number of nitrogens with zero attached hydrogens (tertiary/aromatic N) is 1. The molecule has 0 spiro atoms. The van der Waals surface area contributed by atoms with E-state index in [-0.39, 0.29) is 0 Å². The second-order valence-electron chi connectivity index (χ2n) is 5.87. The van der Waals surface area contributed by atoms with Gasteiger partial charge in [-0.15, -0.1) is 0 Å². The third kappa shape index (κ3) is 3.01. The summed E-state index contributed by atoms with van der Waals surface area (Å²) in [5.74, 6) is 1.66. The molecule has 1 amide bonds. The fourth-order valence-electron chi connectivity index (χ4n) is 3.39. The Bertz CT molecular complexity index is 267. The molecule has 2 aliphatic rings.